The van der Waals surface area contributed by atoms with Crippen molar-refractivity contribution < 1.29 is 19.1 Å². The molecule has 39 heavy (non-hydrogen) atoms. The standard InChI is InChI=1S/C30H23N3O5S/c1-3-37-30(36)26-21-16-39-28(25(21)29(35)33(32-26)18-14-12-17(2)13-15-18)31-27(34)24-19-8-4-6-10-22(19)38-23-11-7-5-9-20(23)24/h4-16,24H,3H2,1-2H3,(H,31,34). The van der Waals surface area contributed by atoms with E-state index in [2.05, 4.69) is 10.4 Å². The Morgan fingerprint density at radius 2 is 1.64 bits per heavy atom. The monoisotopic (exact) mass is 537 g/mol. The molecule has 3 aromatic carbocycles. The molecule has 0 fully saturated rings. The highest BCUT2D eigenvalue weighted by molar-refractivity contribution is 7.16. The van der Waals surface area contributed by atoms with Gasteiger partial charge in [0.05, 0.1) is 23.6 Å². The van der Waals surface area contributed by atoms with Gasteiger partial charge in [-0.1, -0.05) is 54.1 Å². The van der Waals surface area contributed by atoms with E-state index in [-0.39, 0.29) is 23.6 Å². The molecule has 5 aromatic rings. The van der Waals surface area contributed by atoms with Crippen molar-refractivity contribution >= 4 is 39.0 Å². The Labute approximate surface area is 227 Å². The zero-order valence-electron chi connectivity index (χ0n) is 21.1. The Bertz CT molecular complexity index is 1760. The number of ether oxygens (including phenoxy) is 2. The highest BCUT2D eigenvalue weighted by Gasteiger charge is 2.33. The Morgan fingerprint density at radius 3 is 2.28 bits per heavy atom. The largest absolute Gasteiger partial charge is 0.461 e. The molecule has 0 atom stereocenters. The number of nitrogens with zero attached hydrogens (tertiary/aromatic N) is 2. The second-order valence-corrected chi connectivity index (χ2v) is 9.95. The molecule has 0 bridgehead atoms. The normalized spacial score (nSPS) is 12.4. The third-order valence-electron chi connectivity index (χ3n) is 6.58. The third kappa shape index (κ3) is 4.26. The van der Waals surface area contributed by atoms with Gasteiger partial charge in [0.2, 0.25) is 5.91 Å². The SMILES string of the molecule is CCOC(=O)c1nn(-c2ccc(C)cc2)c(=O)c2c(NC(=O)C3c4ccccc4Oc4ccccc43)scc12. The van der Waals surface area contributed by atoms with Crippen LogP contribution in [0.2, 0.25) is 0 Å². The van der Waals surface area contributed by atoms with Crippen LogP contribution in [0.15, 0.2) is 83.0 Å². The van der Waals surface area contributed by atoms with Crippen molar-refractivity contribution in [2.75, 3.05) is 11.9 Å². The Kier molecular flexibility index (Phi) is 6.20. The summed E-state index contributed by atoms with van der Waals surface area (Å²) >= 11 is 1.16. The van der Waals surface area contributed by atoms with Crippen LogP contribution in [-0.4, -0.2) is 28.3 Å². The van der Waals surface area contributed by atoms with Crippen molar-refractivity contribution in [2.45, 2.75) is 19.8 Å². The molecule has 2 aromatic heterocycles. The molecule has 0 saturated carbocycles. The van der Waals surface area contributed by atoms with Crippen LogP contribution in [0.4, 0.5) is 5.00 Å². The number of hydrogen-bond acceptors (Lipinski definition) is 7. The molecule has 1 amide bonds. The number of aromatic nitrogens is 2. The number of carbonyl (C=O) groups excluding carboxylic acids is 2. The maximum absolute atomic E-state index is 13.9. The summed E-state index contributed by atoms with van der Waals surface area (Å²) in [6.45, 7) is 3.79. The predicted molar refractivity (Wildman–Crippen MR) is 149 cm³/mol. The summed E-state index contributed by atoms with van der Waals surface area (Å²) in [5, 5.41) is 9.84. The number of para-hydroxylation sites is 2. The summed E-state index contributed by atoms with van der Waals surface area (Å²) in [6, 6.07) is 22.0. The van der Waals surface area contributed by atoms with Crippen LogP contribution < -0.4 is 15.6 Å². The second kappa shape index (κ2) is 9.85. The topological polar surface area (TPSA) is 99.5 Å². The van der Waals surface area contributed by atoms with E-state index in [9.17, 15) is 14.4 Å². The van der Waals surface area contributed by atoms with Crippen molar-refractivity contribution in [1.82, 2.24) is 9.78 Å². The van der Waals surface area contributed by atoms with E-state index in [0.29, 0.717) is 27.6 Å². The Hall–Kier alpha value is -4.76. The highest BCUT2D eigenvalue weighted by Crippen LogP contribution is 2.44. The van der Waals surface area contributed by atoms with Gasteiger partial charge in [0, 0.05) is 21.9 Å². The van der Waals surface area contributed by atoms with E-state index in [1.807, 2.05) is 67.6 Å². The van der Waals surface area contributed by atoms with Crippen molar-refractivity contribution in [1.29, 1.82) is 0 Å². The van der Waals surface area contributed by atoms with Gasteiger partial charge in [0.15, 0.2) is 5.69 Å². The number of nitrogens with one attached hydrogen (secondary N) is 1. The number of carbonyl (C=O) groups is 2. The van der Waals surface area contributed by atoms with E-state index >= 15 is 0 Å². The first-order valence-corrected chi connectivity index (χ1v) is 13.3. The van der Waals surface area contributed by atoms with E-state index in [1.165, 1.54) is 4.68 Å². The summed E-state index contributed by atoms with van der Waals surface area (Å²) in [5.74, 6) is -0.427. The molecule has 9 heteroatoms. The molecule has 1 aliphatic heterocycles. The fraction of sp³-hybridized carbons (Fsp3) is 0.133. The maximum Gasteiger partial charge on any atom is 0.359 e. The first kappa shape index (κ1) is 24.6. The molecule has 1 N–H and O–H groups in total. The minimum absolute atomic E-state index is 0.00512. The molecular weight excluding hydrogens is 514 g/mol. The Morgan fingerprint density at radius 1 is 1.00 bits per heavy atom. The second-order valence-electron chi connectivity index (χ2n) is 9.08. The number of benzene rings is 3. The molecule has 194 valence electrons. The van der Waals surface area contributed by atoms with E-state index in [1.54, 1.807) is 24.4 Å². The van der Waals surface area contributed by atoms with Crippen LogP contribution in [0.5, 0.6) is 11.5 Å². The maximum atomic E-state index is 13.9. The average molecular weight is 538 g/mol. The number of fused-ring (bicyclic) bond motifs is 3. The first-order chi connectivity index (χ1) is 19.0. The minimum Gasteiger partial charge on any atom is -0.461 e. The van der Waals surface area contributed by atoms with Gasteiger partial charge >= 0.3 is 5.97 Å². The summed E-state index contributed by atoms with van der Waals surface area (Å²) in [7, 11) is 0. The third-order valence-corrected chi connectivity index (χ3v) is 7.47. The van der Waals surface area contributed by atoms with Crippen LogP contribution in [0, 0.1) is 6.92 Å². The molecule has 0 unspecified atom stereocenters. The summed E-state index contributed by atoms with van der Waals surface area (Å²) in [4.78, 5) is 40.5. The zero-order valence-corrected chi connectivity index (χ0v) is 22.0. The molecule has 6 rings (SSSR count). The number of esters is 1. The van der Waals surface area contributed by atoms with Crippen LogP contribution in [0.3, 0.4) is 0 Å². The van der Waals surface area contributed by atoms with E-state index < -0.39 is 17.4 Å². The van der Waals surface area contributed by atoms with E-state index in [4.69, 9.17) is 9.47 Å². The van der Waals surface area contributed by atoms with Gasteiger partial charge in [-0.2, -0.15) is 9.78 Å². The van der Waals surface area contributed by atoms with Gasteiger partial charge in [0.25, 0.3) is 5.56 Å². The number of thiophene rings is 1. The lowest BCUT2D eigenvalue weighted by Crippen LogP contribution is -2.27. The quantitative estimate of drug-likeness (QED) is 0.284. The van der Waals surface area contributed by atoms with Gasteiger partial charge in [-0.05, 0) is 38.1 Å². The van der Waals surface area contributed by atoms with Gasteiger partial charge in [-0.25, -0.2) is 4.79 Å². The lowest BCUT2D eigenvalue weighted by atomic mass is 9.87. The first-order valence-electron chi connectivity index (χ1n) is 12.4. The van der Waals surface area contributed by atoms with Crippen molar-refractivity contribution in [3.63, 3.8) is 0 Å². The lowest BCUT2D eigenvalue weighted by Gasteiger charge is -2.27. The van der Waals surface area contributed by atoms with Gasteiger partial charge in [-0.3, -0.25) is 9.59 Å². The molecule has 0 radical (unpaired) electrons. The van der Waals surface area contributed by atoms with Gasteiger partial charge in [0.1, 0.15) is 16.5 Å². The fourth-order valence-corrected chi connectivity index (χ4v) is 5.67. The smallest absolute Gasteiger partial charge is 0.359 e. The molecule has 0 spiro atoms. The minimum atomic E-state index is -0.658. The number of hydrogen-bond donors (Lipinski definition) is 1. The Balaban J connectivity index is 1.48. The van der Waals surface area contributed by atoms with Crippen LogP contribution >= 0.6 is 11.3 Å². The summed E-state index contributed by atoms with van der Waals surface area (Å²) < 4.78 is 12.4. The van der Waals surface area contributed by atoms with Crippen molar-refractivity contribution in [3.05, 3.63) is 111 Å². The summed E-state index contributed by atoms with van der Waals surface area (Å²) in [5.41, 5.74) is 2.51. The van der Waals surface area contributed by atoms with Crippen LogP contribution in [0.25, 0.3) is 16.5 Å². The zero-order chi connectivity index (χ0) is 27.1. The van der Waals surface area contributed by atoms with Crippen LogP contribution in [-0.2, 0) is 9.53 Å². The molecule has 0 aliphatic carbocycles. The fourth-order valence-electron chi connectivity index (χ4n) is 4.73. The van der Waals surface area contributed by atoms with Gasteiger partial charge < -0.3 is 14.8 Å². The average Bonchev–Trinajstić information content (AvgIpc) is 3.36. The molecule has 3 heterocycles. The number of anilines is 1. The number of rotatable bonds is 5. The molecule has 0 saturated heterocycles. The van der Waals surface area contributed by atoms with Crippen molar-refractivity contribution in [2.24, 2.45) is 0 Å². The summed E-state index contributed by atoms with van der Waals surface area (Å²) in [6.07, 6.45) is 0. The van der Waals surface area contributed by atoms with Gasteiger partial charge in [-0.15, -0.1) is 11.3 Å². The van der Waals surface area contributed by atoms with E-state index in [0.717, 1.165) is 28.0 Å². The van der Waals surface area contributed by atoms with Crippen molar-refractivity contribution in [3.8, 4) is 17.2 Å². The predicted octanol–water partition coefficient (Wildman–Crippen LogP) is 5.81. The van der Waals surface area contributed by atoms with Crippen LogP contribution in [0.1, 0.15) is 40.0 Å². The molecule has 1 aliphatic rings. The molecule has 8 nitrogen and oxygen atoms in total. The number of aryl methyl sites for hydroxylation is 1. The number of amides is 1. The molecular formula is C30H23N3O5S. The lowest BCUT2D eigenvalue weighted by molar-refractivity contribution is -0.116. The highest BCUT2D eigenvalue weighted by atomic mass is 32.1.